The summed E-state index contributed by atoms with van der Waals surface area (Å²) >= 11 is 6.11. The lowest BCUT2D eigenvalue weighted by atomic mass is 9.99. The third-order valence-electron chi connectivity index (χ3n) is 3.10. The lowest BCUT2D eigenvalue weighted by molar-refractivity contribution is 0.499. The fraction of sp³-hybridized carbons (Fsp3) is 0.267. The minimum Gasteiger partial charge on any atom is -0.310 e. The number of halogens is 3. The molecule has 2 aromatic rings. The second-order valence-electron chi connectivity index (χ2n) is 4.41. The van der Waals surface area contributed by atoms with Crippen molar-refractivity contribution in [3.63, 3.8) is 0 Å². The summed E-state index contributed by atoms with van der Waals surface area (Å²) in [6, 6.07) is 5.37. The van der Waals surface area contributed by atoms with E-state index in [9.17, 15) is 8.78 Å². The van der Waals surface area contributed by atoms with Crippen molar-refractivity contribution in [1.82, 2.24) is 10.3 Å². The van der Waals surface area contributed by atoms with Gasteiger partial charge in [-0.1, -0.05) is 24.6 Å². The van der Waals surface area contributed by atoms with Crippen molar-refractivity contribution in [2.45, 2.75) is 19.4 Å². The molecule has 1 unspecified atom stereocenters. The maximum Gasteiger partial charge on any atom is 0.129 e. The lowest BCUT2D eigenvalue weighted by Crippen LogP contribution is -2.24. The highest BCUT2D eigenvalue weighted by molar-refractivity contribution is 6.31. The van der Waals surface area contributed by atoms with Crippen molar-refractivity contribution in [2.75, 3.05) is 6.54 Å². The Labute approximate surface area is 121 Å². The van der Waals surface area contributed by atoms with E-state index in [1.807, 2.05) is 6.92 Å². The van der Waals surface area contributed by atoms with Crippen LogP contribution in [-0.2, 0) is 6.42 Å². The van der Waals surface area contributed by atoms with Crippen molar-refractivity contribution in [2.24, 2.45) is 0 Å². The quantitative estimate of drug-likeness (QED) is 0.905. The van der Waals surface area contributed by atoms with Crippen LogP contribution in [-0.4, -0.2) is 11.5 Å². The first-order valence-corrected chi connectivity index (χ1v) is 6.77. The molecule has 1 atom stereocenters. The Morgan fingerprint density at radius 2 is 1.95 bits per heavy atom. The Balaban J connectivity index is 2.33. The van der Waals surface area contributed by atoms with Gasteiger partial charge in [0.15, 0.2) is 0 Å². The van der Waals surface area contributed by atoms with Crippen molar-refractivity contribution >= 4 is 11.6 Å². The Hall–Kier alpha value is -1.52. The number of rotatable bonds is 5. The van der Waals surface area contributed by atoms with E-state index in [0.717, 1.165) is 5.56 Å². The number of benzene rings is 1. The maximum absolute atomic E-state index is 13.8. The maximum atomic E-state index is 13.8. The molecule has 1 heterocycles. The zero-order chi connectivity index (χ0) is 14.5. The van der Waals surface area contributed by atoms with Crippen LogP contribution in [0, 0.1) is 11.6 Å². The van der Waals surface area contributed by atoms with E-state index in [1.165, 1.54) is 24.4 Å². The first-order chi connectivity index (χ1) is 9.63. The van der Waals surface area contributed by atoms with Crippen molar-refractivity contribution in [3.8, 4) is 0 Å². The minimum absolute atomic E-state index is 0.0614. The Bertz CT molecular complexity index is 570. The lowest BCUT2D eigenvalue weighted by Gasteiger charge is -2.20. The molecule has 0 amide bonds. The number of hydrogen-bond acceptors (Lipinski definition) is 2. The van der Waals surface area contributed by atoms with Gasteiger partial charge in [0, 0.05) is 24.0 Å². The number of likely N-dealkylation sites (N-methyl/N-ethyl adjacent to an activating group) is 1. The Morgan fingerprint density at radius 1 is 1.25 bits per heavy atom. The van der Waals surface area contributed by atoms with Crippen LogP contribution in [0.25, 0.3) is 0 Å². The SMILES string of the molecule is CCNC(Cc1c(F)cccc1F)c1ccncc1Cl. The van der Waals surface area contributed by atoms with Crippen LogP contribution in [0.15, 0.2) is 36.7 Å². The Morgan fingerprint density at radius 3 is 2.55 bits per heavy atom. The summed E-state index contributed by atoms with van der Waals surface area (Å²) in [5.41, 5.74) is 0.845. The second kappa shape index (κ2) is 6.77. The van der Waals surface area contributed by atoms with E-state index in [1.54, 1.807) is 12.3 Å². The highest BCUT2D eigenvalue weighted by Gasteiger charge is 2.18. The predicted molar refractivity (Wildman–Crippen MR) is 75.7 cm³/mol. The smallest absolute Gasteiger partial charge is 0.129 e. The number of nitrogens with one attached hydrogen (secondary N) is 1. The van der Waals surface area contributed by atoms with Gasteiger partial charge in [-0.05, 0) is 36.7 Å². The highest BCUT2D eigenvalue weighted by atomic mass is 35.5. The molecule has 0 spiro atoms. The molecule has 5 heteroatoms. The molecule has 0 saturated carbocycles. The molecule has 1 aromatic carbocycles. The number of pyridine rings is 1. The van der Waals surface area contributed by atoms with E-state index in [-0.39, 0.29) is 18.0 Å². The summed E-state index contributed by atoms with van der Waals surface area (Å²) in [4.78, 5) is 3.92. The third kappa shape index (κ3) is 3.32. The topological polar surface area (TPSA) is 24.9 Å². The van der Waals surface area contributed by atoms with E-state index in [0.29, 0.717) is 11.6 Å². The largest absolute Gasteiger partial charge is 0.310 e. The van der Waals surface area contributed by atoms with Gasteiger partial charge in [-0.2, -0.15) is 0 Å². The average molecular weight is 297 g/mol. The molecule has 20 heavy (non-hydrogen) atoms. The molecule has 0 bridgehead atoms. The van der Waals surface area contributed by atoms with Crippen LogP contribution in [0.4, 0.5) is 8.78 Å². The summed E-state index contributed by atoms with van der Waals surface area (Å²) in [5.74, 6) is -1.09. The number of hydrogen-bond donors (Lipinski definition) is 1. The summed E-state index contributed by atoms with van der Waals surface area (Å²) < 4.78 is 27.5. The monoisotopic (exact) mass is 296 g/mol. The summed E-state index contributed by atoms with van der Waals surface area (Å²) in [7, 11) is 0. The van der Waals surface area contributed by atoms with Gasteiger partial charge < -0.3 is 5.32 Å². The molecule has 106 valence electrons. The molecule has 1 aromatic heterocycles. The van der Waals surface area contributed by atoms with Gasteiger partial charge in [0.1, 0.15) is 11.6 Å². The average Bonchev–Trinajstić information content (AvgIpc) is 2.43. The van der Waals surface area contributed by atoms with Crippen LogP contribution in [0.2, 0.25) is 5.02 Å². The molecule has 1 N–H and O–H groups in total. The van der Waals surface area contributed by atoms with Gasteiger partial charge in [0.2, 0.25) is 0 Å². The van der Waals surface area contributed by atoms with Gasteiger partial charge in [0.05, 0.1) is 5.02 Å². The summed E-state index contributed by atoms with van der Waals surface area (Å²) in [5, 5.41) is 3.68. The van der Waals surface area contributed by atoms with E-state index >= 15 is 0 Å². The molecule has 0 fully saturated rings. The molecule has 2 nitrogen and oxygen atoms in total. The molecule has 2 rings (SSSR count). The normalized spacial score (nSPS) is 12.4. The standard InChI is InChI=1S/C15H15ClF2N2/c1-2-20-15(10-6-7-19-9-12(10)16)8-11-13(17)4-3-5-14(11)18/h3-7,9,15,20H,2,8H2,1H3. The van der Waals surface area contributed by atoms with Gasteiger partial charge in [0.25, 0.3) is 0 Å². The van der Waals surface area contributed by atoms with E-state index in [2.05, 4.69) is 10.3 Å². The minimum atomic E-state index is -0.543. The zero-order valence-electron chi connectivity index (χ0n) is 11.0. The fourth-order valence-electron chi connectivity index (χ4n) is 2.14. The van der Waals surface area contributed by atoms with Crippen molar-refractivity contribution < 1.29 is 8.78 Å². The summed E-state index contributed by atoms with van der Waals surface area (Å²) in [6.45, 7) is 2.60. The van der Waals surface area contributed by atoms with Gasteiger partial charge >= 0.3 is 0 Å². The third-order valence-corrected chi connectivity index (χ3v) is 3.42. The van der Waals surface area contributed by atoms with E-state index < -0.39 is 11.6 Å². The first kappa shape index (κ1) is 14.9. The molecule has 0 aliphatic heterocycles. The summed E-state index contributed by atoms with van der Waals surface area (Å²) in [6.07, 6.45) is 3.33. The van der Waals surface area contributed by atoms with Crippen LogP contribution in [0.3, 0.4) is 0 Å². The van der Waals surface area contributed by atoms with Gasteiger partial charge in [-0.25, -0.2) is 8.78 Å². The number of nitrogens with zero attached hydrogens (tertiary/aromatic N) is 1. The Kier molecular flexibility index (Phi) is 5.04. The fourth-order valence-corrected chi connectivity index (χ4v) is 2.39. The predicted octanol–water partition coefficient (Wildman–Crippen LogP) is 3.91. The first-order valence-electron chi connectivity index (χ1n) is 6.39. The van der Waals surface area contributed by atoms with Crippen LogP contribution < -0.4 is 5.32 Å². The molecule has 0 radical (unpaired) electrons. The number of aromatic nitrogens is 1. The highest BCUT2D eigenvalue weighted by Crippen LogP contribution is 2.26. The molecular weight excluding hydrogens is 282 g/mol. The van der Waals surface area contributed by atoms with Crippen molar-refractivity contribution in [3.05, 3.63) is 64.4 Å². The van der Waals surface area contributed by atoms with Gasteiger partial charge in [-0.3, -0.25) is 4.98 Å². The van der Waals surface area contributed by atoms with Gasteiger partial charge in [-0.15, -0.1) is 0 Å². The van der Waals surface area contributed by atoms with Crippen LogP contribution in [0.5, 0.6) is 0 Å². The van der Waals surface area contributed by atoms with Crippen LogP contribution >= 0.6 is 11.6 Å². The second-order valence-corrected chi connectivity index (χ2v) is 4.82. The molecule has 0 saturated heterocycles. The van der Waals surface area contributed by atoms with Crippen molar-refractivity contribution in [1.29, 1.82) is 0 Å². The van der Waals surface area contributed by atoms with Crippen LogP contribution in [0.1, 0.15) is 24.1 Å². The molecule has 0 aliphatic carbocycles. The molecular formula is C15H15ClF2N2. The molecule has 0 aliphatic rings. The zero-order valence-corrected chi connectivity index (χ0v) is 11.8. The van der Waals surface area contributed by atoms with E-state index in [4.69, 9.17) is 11.6 Å².